The molecule has 0 radical (unpaired) electrons. The molecule has 0 fully saturated rings. The molecule has 29 heavy (non-hydrogen) atoms. The smallest absolute Gasteiger partial charge is 0.416 e. The molecule has 152 valence electrons. The average Bonchev–Trinajstić information content (AvgIpc) is 2.98. The highest BCUT2D eigenvalue weighted by molar-refractivity contribution is 7.23. The molecule has 2 amide bonds. The van der Waals surface area contributed by atoms with E-state index in [-0.39, 0.29) is 16.3 Å². The van der Waals surface area contributed by atoms with Gasteiger partial charge in [0, 0.05) is 15.8 Å². The molecule has 6 nitrogen and oxygen atoms in total. The molecule has 0 aliphatic rings. The van der Waals surface area contributed by atoms with Crippen molar-refractivity contribution in [3.63, 3.8) is 0 Å². The van der Waals surface area contributed by atoms with Gasteiger partial charge in [0.05, 0.1) is 12.2 Å². The number of carbonyl (C=O) groups excluding carboxylic acids is 1. The number of aromatic carboxylic acids is 1. The average molecular weight is 424 g/mol. The van der Waals surface area contributed by atoms with Gasteiger partial charge in [0.2, 0.25) is 0 Å². The number of ether oxygens (including phenoxy) is 1. The zero-order valence-electron chi connectivity index (χ0n) is 15.0. The number of halogens is 3. The number of rotatable bonds is 5. The quantitative estimate of drug-likeness (QED) is 0.493. The van der Waals surface area contributed by atoms with Crippen molar-refractivity contribution in [2.75, 3.05) is 17.2 Å². The van der Waals surface area contributed by atoms with E-state index >= 15 is 0 Å². The maximum absolute atomic E-state index is 12.6. The molecule has 3 aromatic rings. The molecule has 0 spiro atoms. The Kier molecular flexibility index (Phi) is 5.64. The number of hydrogen-bond acceptors (Lipinski definition) is 4. The van der Waals surface area contributed by atoms with Gasteiger partial charge < -0.3 is 15.2 Å². The van der Waals surface area contributed by atoms with E-state index in [9.17, 15) is 27.9 Å². The summed E-state index contributed by atoms with van der Waals surface area (Å²) in [5.41, 5.74) is -0.783. The first kappa shape index (κ1) is 20.5. The van der Waals surface area contributed by atoms with Crippen molar-refractivity contribution in [2.24, 2.45) is 0 Å². The highest BCUT2D eigenvalue weighted by Gasteiger charge is 2.30. The van der Waals surface area contributed by atoms with Gasteiger partial charge in [-0.05, 0) is 49.4 Å². The van der Waals surface area contributed by atoms with E-state index in [0.29, 0.717) is 22.4 Å². The zero-order valence-corrected chi connectivity index (χ0v) is 15.8. The van der Waals surface area contributed by atoms with E-state index < -0.39 is 23.7 Å². The summed E-state index contributed by atoms with van der Waals surface area (Å²) < 4.78 is 43.8. The highest BCUT2D eigenvalue weighted by Crippen LogP contribution is 2.38. The van der Waals surface area contributed by atoms with Gasteiger partial charge in [-0.3, -0.25) is 5.32 Å². The first-order valence-corrected chi connectivity index (χ1v) is 9.18. The Morgan fingerprint density at radius 1 is 1.10 bits per heavy atom. The van der Waals surface area contributed by atoms with Crippen molar-refractivity contribution in [1.82, 2.24) is 0 Å². The van der Waals surface area contributed by atoms with Crippen molar-refractivity contribution in [3.05, 3.63) is 53.6 Å². The molecule has 10 heteroatoms. The topological polar surface area (TPSA) is 87.7 Å². The summed E-state index contributed by atoms with van der Waals surface area (Å²) in [6.07, 6.45) is -4.48. The molecule has 0 aliphatic carbocycles. The third-order valence-electron chi connectivity index (χ3n) is 3.88. The summed E-state index contributed by atoms with van der Waals surface area (Å²) in [7, 11) is 0. The van der Waals surface area contributed by atoms with Crippen LogP contribution in [0.3, 0.4) is 0 Å². The lowest BCUT2D eigenvalue weighted by molar-refractivity contribution is -0.137. The summed E-state index contributed by atoms with van der Waals surface area (Å²) in [6.45, 7) is 2.27. The second-order valence-corrected chi connectivity index (χ2v) is 6.91. The third kappa shape index (κ3) is 4.60. The van der Waals surface area contributed by atoms with Crippen LogP contribution in [0.5, 0.6) is 5.75 Å². The second-order valence-electron chi connectivity index (χ2n) is 5.86. The maximum atomic E-state index is 12.6. The molecule has 0 saturated heterocycles. The Labute approximate surface area is 166 Å². The Bertz CT molecular complexity index is 1060. The van der Waals surface area contributed by atoms with Crippen LogP contribution in [0.1, 0.15) is 22.8 Å². The lowest BCUT2D eigenvalue weighted by atomic mass is 10.1. The molecule has 0 saturated carbocycles. The predicted molar refractivity (Wildman–Crippen MR) is 104 cm³/mol. The summed E-state index contributed by atoms with van der Waals surface area (Å²) in [5, 5.41) is 14.9. The van der Waals surface area contributed by atoms with Gasteiger partial charge in [0.15, 0.2) is 0 Å². The fourth-order valence-electron chi connectivity index (χ4n) is 2.64. The second kappa shape index (κ2) is 8.00. The molecule has 3 rings (SSSR count). The SMILES string of the molecule is CCOc1ccc2c(C(=O)O)c(NC(=O)Nc3ccc(C(F)(F)F)cc3)sc2c1. The molecule has 1 aromatic heterocycles. The molecule has 1 heterocycles. The number of carboxylic acid groups (broad SMARTS) is 1. The number of carboxylic acids is 1. The fraction of sp³-hybridized carbons (Fsp3) is 0.158. The van der Waals surface area contributed by atoms with Gasteiger partial charge in [-0.1, -0.05) is 0 Å². The Morgan fingerprint density at radius 3 is 2.38 bits per heavy atom. The van der Waals surface area contributed by atoms with Crippen LogP contribution in [0.4, 0.5) is 28.7 Å². The van der Waals surface area contributed by atoms with Crippen LogP contribution in [0, 0.1) is 0 Å². The van der Waals surface area contributed by atoms with E-state index in [4.69, 9.17) is 4.74 Å². The van der Waals surface area contributed by atoms with Gasteiger partial charge in [-0.2, -0.15) is 13.2 Å². The number of fused-ring (bicyclic) bond motifs is 1. The van der Waals surface area contributed by atoms with E-state index in [1.54, 1.807) is 18.2 Å². The van der Waals surface area contributed by atoms with Gasteiger partial charge >= 0.3 is 18.2 Å². The lowest BCUT2D eigenvalue weighted by Crippen LogP contribution is -2.20. The van der Waals surface area contributed by atoms with E-state index in [0.717, 1.165) is 35.6 Å². The number of thiophene rings is 1. The zero-order chi connectivity index (χ0) is 21.2. The molecule has 0 bridgehead atoms. The predicted octanol–water partition coefficient (Wildman–Crippen LogP) is 5.66. The molecular formula is C19H15F3N2O4S. The van der Waals surface area contributed by atoms with Crippen molar-refractivity contribution in [3.8, 4) is 5.75 Å². The normalized spacial score (nSPS) is 11.3. The first-order valence-electron chi connectivity index (χ1n) is 8.37. The number of benzene rings is 2. The number of hydrogen-bond donors (Lipinski definition) is 3. The van der Waals surface area contributed by atoms with E-state index in [1.807, 2.05) is 6.92 Å². The maximum Gasteiger partial charge on any atom is 0.416 e. The van der Waals surface area contributed by atoms with Gasteiger partial charge in [-0.15, -0.1) is 11.3 Å². The standard InChI is InChI=1S/C19H15F3N2O4S/c1-2-28-12-7-8-13-14(9-12)29-16(15(13)17(25)26)24-18(27)23-11-5-3-10(4-6-11)19(20,21)22/h3-9H,2H2,1H3,(H,25,26)(H2,23,24,27). The van der Waals surface area contributed by atoms with Crippen LogP contribution < -0.4 is 15.4 Å². The molecular weight excluding hydrogens is 409 g/mol. The Hall–Kier alpha value is -3.27. The highest BCUT2D eigenvalue weighted by atomic mass is 32.1. The number of carbonyl (C=O) groups is 2. The van der Waals surface area contributed by atoms with Crippen molar-refractivity contribution in [1.29, 1.82) is 0 Å². The lowest BCUT2D eigenvalue weighted by Gasteiger charge is -2.09. The summed E-state index contributed by atoms with van der Waals surface area (Å²) in [6, 6.07) is 8.04. The van der Waals surface area contributed by atoms with Crippen LogP contribution in [0.25, 0.3) is 10.1 Å². The van der Waals surface area contributed by atoms with E-state index in [1.165, 1.54) is 0 Å². The number of anilines is 2. The summed E-state index contributed by atoms with van der Waals surface area (Å²) in [5.74, 6) is -0.649. The number of nitrogens with one attached hydrogen (secondary N) is 2. The molecule has 0 aliphatic heterocycles. The van der Waals surface area contributed by atoms with E-state index in [2.05, 4.69) is 10.6 Å². The van der Waals surface area contributed by atoms with Crippen molar-refractivity contribution in [2.45, 2.75) is 13.1 Å². The van der Waals surface area contributed by atoms with Crippen LogP contribution in [0.2, 0.25) is 0 Å². The largest absolute Gasteiger partial charge is 0.494 e. The Morgan fingerprint density at radius 2 is 1.79 bits per heavy atom. The minimum atomic E-state index is -4.48. The first-order chi connectivity index (χ1) is 13.7. The molecule has 0 unspecified atom stereocenters. The van der Waals surface area contributed by atoms with Crippen LogP contribution in [-0.4, -0.2) is 23.7 Å². The van der Waals surface area contributed by atoms with Gasteiger partial charge in [0.1, 0.15) is 16.3 Å². The van der Waals surface area contributed by atoms with Crippen LogP contribution in [-0.2, 0) is 6.18 Å². The molecule has 2 aromatic carbocycles. The minimum absolute atomic E-state index is 0.0735. The van der Waals surface area contributed by atoms with Crippen molar-refractivity contribution < 1.29 is 32.6 Å². The van der Waals surface area contributed by atoms with Gasteiger partial charge in [0.25, 0.3) is 0 Å². The molecule has 0 atom stereocenters. The number of alkyl halides is 3. The minimum Gasteiger partial charge on any atom is -0.494 e. The van der Waals surface area contributed by atoms with Crippen LogP contribution >= 0.6 is 11.3 Å². The third-order valence-corrected chi connectivity index (χ3v) is 4.95. The van der Waals surface area contributed by atoms with Gasteiger partial charge in [-0.25, -0.2) is 9.59 Å². The summed E-state index contributed by atoms with van der Waals surface area (Å²) in [4.78, 5) is 23.9. The molecule has 3 N–H and O–H groups in total. The van der Waals surface area contributed by atoms with Crippen molar-refractivity contribution >= 4 is 44.1 Å². The summed E-state index contributed by atoms with van der Waals surface area (Å²) >= 11 is 1.06. The Balaban J connectivity index is 1.82. The monoisotopic (exact) mass is 424 g/mol. The fourth-order valence-corrected chi connectivity index (χ4v) is 3.76. The van der Waals surface area contributed by atoms with Crippen LogP contribution in [0.15, 0.2) is 42.5 Å². The number of amides is 2. The number of urea groups is 1.